The highest BCUT2D eigenvalue weighted by Crippen LogP contribution is 2.37. The molecule has 0 aliphatic heterocycles. The molecule has 2 aromatic heterocycles. The zero-order chi connectivity index (χ0) is 24.2. The van der Waals surface area contributed by atoms with E-state index in [1.165, 1.54) is 6.42 Å². The number of hydrogen-bond donors (Lipinski definition) is 2. The number of carbonyl (C=O) groups excluding carboxylic acids is 2. The van der Waals surface area contributed by atoms with Crippen molar-refractivity contribution in [2.45, 2.75) is 70.6 Å². The number of Topliss-reactive ketones (excluding diaryl/α,β-unsaturated/α-hetero) is 1. The molecule has 1 saturated carbocycles. The standard InChI is InChI=1S/C26H31N3O5/c1-2-18-20(13-16-9-5-3-6-10-16)29-14-19(17-11-7-4-8-12-17)28-26(34-15-21(30)31)23(29)22(18)24(32)25(27)33/h5,9-10,14,17H,2-4,6-8,11-13,15H2,1H3,(H2,27,33)(H,30,31). The van der Waals surface area contributed by atoms with Crippen LogP contribution in [0.1, 0.15) is 85.1 Å². The van der Waals surface area contributed by atoms with E-state index in [1.54, 1.807) is 0 Å². The lowest BCUT2D eigenvalue weighted by molar-refractivity contribution is -0.139. The van der Waals surface area contributed by atoms with Gasteiger partial charge in [-0.05, 0) is 43.2 Å². The van der Waals surface area contributed by atoms with Crippen molar-refractivity contribution >= 4 is 23.2 Å². The van der Waals surface area contributed by atoms with E-state index in [2.05, 4.69) is 18.2 Å². The van der Waals surface area contributed by atoms with E-state index in [4.69, 9.17) is 15.5 Å². The SMILES string of the molecule is CCc1c(C(=O)C(N)=O)c2c(OCC(=O)O)nc(C3CCCCC3)cn2c1CC1=CCCC=C1. The number of hydrogen-bond acceptors (Lipinski definition) is 5. The van der Waals surface area contributed by atoms with Gasteiger partial charge in [0, 0.05) is 24.2 Å². The average Bonchev–Trinajstić information content (AvgIpc) is 3.16. The number of nitrogens with zero attached hydrogens (tertiary/aromatic N) is 2. The van der Waals surface area contributed by atoms with E-state index >= 15 is 0 Å². The lowest BCUT2D eigenvalue weighted by atomic mass is 9.87. The Bertz CT molecular complexity index is 1180. The number of allylic oxidation sites excluding steroid dienone is 4. The predicted octanol–water partition coefficient (Wildman–Crippen LogP) is 3.89. The molecular formula is C26H31N3O5. The summed E-state index contributed by atoms with van der Waals surface area (Å²) in [7, 11) is 0. The first-order chi connectivity index (χ1) is 16.4. The Morgan fingerprint density at radius 1 is 1.21 bits per heavy atom. The number of ether oxygens (including phenoxy) is 1. The van der Waals surface area contributed by atoms with Crippen molar-refractivity contribution in [3.8, 4) is 5.88 Å². The summed E-state index contributed by atoms with van der Waals surface area (Å²) in [5.41, 5.74) is 9.43. The van der Waals surface area contributed by atoms with Crippen molar-refractivity contribution in [2.24, 2.45) is 5.73 Å². The molecule has 0 bridgehead atoms. The van der Waals surface area contributed by atoms with Crippen LogP contribution in [0.25, 0.3) is 5.52 Å². The number of aliphatic carboxylic acids is 1. The van der Waals surface area contributed by atoms with Gasteiger partial charge in [-0.15, -0.1) is 0 Å². The number of nitrogens with two attached hydrogens (primary N) is 1. The number of primary amides is 1. The third kappa shape index (κ3) is 4.76. The topological polar surface area (TPSA) is 124 Å². The molecular weight excluding hydrogens is 434 g/mol. The second kappa shape index (κ2) is 10.2. The van der Waals surface area contributed by atoms with Crippen LogP contribution >= 0.6 is 0 Å². The Balaban J connectivity index is 1.98. The van der Waals surface area contributed by atoms with Gasteiger partial charge in [-0.1, -0.05) is 44.4 Å². The van der Waals surface area contributed by atoms with Gasteiger partial charge in [-0.2, -0.15) is 0 Å². The third-order valence-electron chi connectivity index (χ3n) is 6.72. The predicted molar refractivity (Wildman–Crippen MR) is 127 cm³/mol. The van der Waals surface area contributed by atoms with Gasteiger partial charge in [0.05, 0.1) is 11.3 Å². The molecule has 0 atom stereocenters. The smallest absolute Gasteiger partial charge is 0.341 e. The summed E-state index contributed by atoms with van der Waals surface area (Å²) in [4.78, 5) is 41.0. The Labute approximate surface area is 198 Å². The molecule has 2 heterocycles. The number of carboxylic acids is 1. The molecule has 8 nitrogen and oxygen atoms in total. The molecule has 180 valence electrons. The number of carboxylic acid groups (broad SMARTS) is 1. The summed E-state index contributed by atoms with van der Waals surface area (Å²) in [5, 5.41) is 9.24. The number of amides is 1. The summed E-state index contributed by atoms with van der Waals surface area (Å²) >= 11 is 0. The van der Waals surface area contributed by atoms with Gasteiger partial charge in [0.15, 0.2) is 6.61 Å². The van der Waals surface area contributed by atoms with Gasteiger partial charge in [0.1, 0.15) is 5.52 Å². The Hall–Kier alpha value is -3.42. The van der Waals surface area contributed by atoms with Crippen molar-refractivity contribution in [1.29, 1.82) is 0 Å². The van der Waals surface area contributed by atoms with Crippen LogP contribution in [0.5, 0.6) is 5.88 Å². The maximum absolute atomic E-state index is 13.0. The fraction of sp³-hybridized carbons (Fsp3) is 0.462. The minimum Gasteiger partial charge on any atom is -0.479 e. The van der Waals surface area contributed by atoms with Crippen LogP contribution in [-0.2, 0) is 22.4 Å². The van der Waals surface area contributed by atoms with E-state index in [0.29, 0.717) is 23.9 Å². The molecule has 0 unspecified atom stereocenters. The third-order valence-corrected chi connectivity index (χ3v) is 6.72. The number of fused-ring (bicyclic) bond motifs is 1. The summed E-state index contributed by atoms with van der Waals surface area (Å²) in [6, 6.07) is 0. The summed E-state index contributed by atoms with van der Waals surface area (Å²) in [6.07, 6.45) is 16.7. The fourth-order valence-electron chi connectivity index (χ4n) is 5.13. The van der Waals surface area contributed by atoms with Crippen LogP contribution in [0.3, 0.4) is 0 Å². The Morgan fingerprint density at radius 3 is 2.59 bits per heavy atom. The molecule has 2 aromatic rings. The number of aromatic nitrogens is 2. The Kier molecular flexibility index (Phi) is 7.14. The van der Waals surface area contributed by atoms with Crippen molar-refractivity contribution in [2.75, 3.05) is 6.61 Å². The molecule has 4 rings (SSSR count). The van der Waals surface area contributed by atoms with Crippen LogP contribution in [0, 0.1) is 0 Å². The van der Waals surface area contributed by atoms with Crippen LogP contribution in [0.4, 0.5) is 0 Å². The second-order valence-corrected chi connectivity index (χ2v) is 8.99. The second-order valence-electron chi connectivity index (χ2n) is 8.99. The molecule has 0 spiro atoms. The van der Waals surface area contributed by atoms with Gasteiger partial charge in [-0.25, -0.2) is 9.78 Å². The van der Waals surface area contributed by atoms with Gasteiger partial charge in [0.2, 0.25) is 5.88 Å². The van der Waals surface area contributed by atoms with Crippen LogP contribution in [0.2, 0.25) is 0 Å². The van der Waals surface area contributed by atoms with Gasteiger partial charge >= 0.3 is 5.97 Å². The number of rotatable bonds is 9. The zero-order valence-corrected chi connectivity index (χ0v) is 19.5. The molecule has 0 saturated heterocycles. The maximum Gasteiger partial charge on any atom is 0.341 e. The Morgan fingerprint density at radius 2 is 1.97 bits per heavy atom. The molecule has 1 fully saturated rings. The molecule has 8 heteroatoms. The summed E-state index contributed by atoms with van der Waals surface area (Å²) in [6.45, 7) is 1.32. The molecule has 34 heavy (non-hydrogen) atoms. The van der Waals surface area contributed by atoms with Crippen molar-refractivity contribution in [1.82, 2.24) is 9.38 Å². The minimum absolute atomic E-state index is 0.0594. The van der Waals surface area contributed by atoms with E-state index in [-0.39, 0.29) is 17.4 Å². The largest absolute Gasteiger partial charge is 0.479 e. The first-order valence-electron chi connectivity index (χ1n) is 12.0. The van der Waals surface area contributed by atoms with E-state index in [0.717, 1.165) is 55.5 Å². The number of carbonyl (C=O) groups is 3. The van der Waals surface area contributed by atoms with Crippen molar-refractivity contribution < 1.29 is 24.2 Å². The molecule has 1 amide bonds. The molecule has 2 aliphatic carbocycles. The van der Waals surface area contributed by atoms with Crippen LogP contribution in [-0.4, -0.2) is 38.8 Å². The minimum atomic E-state index is -1.15. The van der Waals surface area contributed by atoms with Crippen molar-refractivity contribution in [3.05, 3.63) is 52.5 Å². The summed E-state index contributed by atoms with van der Waals surface area (Å²) in [5.74, 6) is -2.74. The lowest BCUT2D eigenvalue weighted by Crippen LogP contribution is -2.24. The average molecular weight is 466 g/mol. The van der Waals surface area contributed by atoms with Gasteiger partial charge < -0.3 is 20.0 Å². The first-order valence-corrected chi connectivity index (χ1v) is 12.0. The zero-order valence-electron chi connectivity index (χ0n) is 19.5. The van der Waals surface area contributed by atoms with E-state index in [1.807, 2.05) is 17.5 Å². The fourth-order valence-corrected chi connectivity index (χ4v) is 5.13. The van der Waals surface area contributed by atoms with Gasteiger partial charge in [-0.3, -0.25) is 9.59 Å². The van der Waals surface area contributed by atoms with Crippen molar-refractivity contribution in [3.63, 3.8) is 0 Å². The van der Waals surface area contributed by atoms with Crippen LogP contribution < -0.4 is 10.5 Å². The number of ketones is 1. The maximum atomic E-state index is 13.0. The normalized spacial score (nSPS) is 16.4. The quantitative estimate of drug-likeness (QED) is 0.428. The lowest BCUT2D eigenvalue weighted by Gasteiger charge is -2.22. The van der Waals surface area contributed by atoms with Crippen LogP contribution in [0.15, 0.2) is 30.0 Å². The molecule has 3 N–H and O–H groups in total. The first kappa shape index (κ1) is 23.7. The highest BCUT2D eigenvalue weighted by atomic mass is 16.5. The highest BCUT2D eigenvalue weighted by Gasteiger charge is 2.30. The van der Waals surface area contributed by atoms with Gasteiger partial charge in [0.25, 0.3) is 11.7 Å². The monoisotopic (exact) mass is 465 g/mol. The summed E-state index contributed by atoms with van der Waals surface area (Å²) < 4.78 is 7.52. The van der Waals surface area contributed by atoms with E-state index in [9.17, 15) is 19.5 Å². The molecule has 0 radical (unpaired) electrons. The molecule has 0 aromatic carbocycles. The van der Waals surface area contributed by atoms with E-state index < -0.39 is 24.3 Å². The molecule has 2 aliphatic rings. The highest BCUT2D eigenvalue weighted by molar-refractivity contribution is 6.44.